The molecular formula is C17H23ClN2O4S. The van der Waals surface area contributed by atoms with Gasteiger partial charge in [0.15, 0.2) is 9.84 Å². The van der Waals surface area contributed by atoms with Gasteiger partial charge in [-0.2, -0.15) is 0 Å². The number of para-hydroxylation sites is 1. The van der Waals surface area contributed by atoms with Crippen LogP contribution >= 0.6 is 11.6 Å². The summed E-state index contributed by atoms with van der Waals surface area (Å²) in [4.78, 5) is 14.4. The van der Waals surface area contributed by atoms with E-state index in [4.69, 9.17) is 16.3 Å². The molecule has 1 aromatic rings. The summed E-state index contributed by atoms with van der Waals surface area (Å²) < 4.78 is 29.3. The van der Waals surface area contributed by atoms with E-state index in [2.05, 4.69) is 5.32 Å². The third-order valence-corrected chi connectivity index (χ3v) is 6.76. The van der Waals surface area contributed by atoms with Gasteiger partial charge in [0.1, 0.15) is 0 Å². The van der Waals surface area contributed by atoms with Crippen LogP contribution in [-0.4, -0.2) is 62.6 Å². The Labute approximate surface area is 153 Å². The Morgan fingerprint density at radius 3 is 2.76 bits per heavy atom. The molecule has 0 bridgehead atoms. The van der Waals surface area contributed by atoms with E-state index in [0.717, 1.165) is 19.4 Å². The smallest absolute Gasteiger partial charge is 0.238 e. The molecular weight excluding hydrogens is 364 g/mol. The van der Waals surface area contributed by atoms with E-state index >= 15 is 0 Å². The van der Waals surface area contributed by atoms with Crippen LogP contribution in [0.4, 0.5) is 5.69 Å². The fourth-order valence-electron chi connectivity index (χ4n) is 3.39. The molecule has 1 N–H and O–H groups in total. The van der Waals surface area contributed by atoms with Gasteiger partial charge < -0.3 is 10.1 Å². The predicted molar refractivity (Wildman–Crippen MR) is 97.7 cm³/mol. The molecule has 2 unspecified atom stereocenters. The molecule has 25 heavy (non-hydrogen) atoms. The van der Waals surface area contributed by atoms with Crippen LogP contribution in [0.3, 0.4) is 0 Å². The van der Waals surface area contributed by atoms with Crippen LogP contribution in [0.25, 0.3) is 0 Å². The summed E-state index contributed by atoms with van der Waals surface area (Å²) in [6.07, 6.45) is 2.58. The van der Waals surface area contributed by atoms with E-state index in [1.807, 2.05) is 4.90 Å². The lowest BCUT2D eigenvalue weighted by molar-refractivity contribution is -0.118. The van der Waals surface area contributed by atoms with Crippen molar-refractivity contribution >= 4 is 33.0 Å². The highest BCUT2D eigenvalue weighted by molar-refractivity contribution is 7.91. The Balaban J connectivity index is 1.66. The number of halogens is 1. The second-order valence-electron chi connectivity index (χ2n) is 6.65. The molecule has 0 radical (unpaired) electrons. The van der Waals surface area contributed by atoms with E-state index in [9.17, 15) is 13.2 Å². The van der Waals surface area contributed by atoms with Crippen LogP contribution in [0.5, 0.6) is 0 Å². The summed E-state index contributed by atoms with van der Waals surface area (Å²) in [6.45, 7) is 1.44. The predicted octanol–water partition coefficient (Wildman–Crippen LogP) is 1.95. The first-order valence-corrected chi connectivity index (χ1v) is 10.7. The molecule has 2 heterocycles. The Morgan fingerprint density at radius 1 is 1.32 bits per heavy atom. The molecule has 0 saturated carbocycles. The van der Waals surface area contributed by atoms with Crippen molar-refractivity contribution in [3.8, 4) is 0 Å². The number of carbonyl (C=O) groups excluding carboxylic acids is 1. The zero-order valence-electron chi connectivity index (χ0n) is 14.0. The van der Waals surface area contributed by atoms with E-state index in [0.29, 0.717) is 23.7 Å². The number of nitrogens with zero attached hydrogens (tertiary/aromatic N) is 1. The first kappa shape index (κ1) is 18.6. The molecule has 8 heteroatoms. The number of hydrogen-bond acceptors (Lipinski definition) is 5. The number of ether oxygens (including phenoxy) is 1. The number of anilines is 1. The molecule has 2 aliphatic heterocycles. The zero-order chi connectivity index (χ0) is 17.9. The van der Waals surface area contributed by atoms with E-state index in [-0.39, 0.29) is 36.1 Å². The van der Waals surface area contributed by atoms with Crippen molar-refractivity contribution in [2.45, 2.75) is 31.4 Å². The van der Waals surface area contributed by atoms with E-state index in [1.54, 1.807) is 24.3 Å². The molecule has 2 atom stereocenters. The molecule has 0 aromatic heterocycles. The van der Waals surface area contributed by atoms with Gasteiger partial charge in [0.2, 0.25) is 5.91 Å². The average molecular weight is 387 g/mol. The number of nitrogens with one attached hydrogen (secondary N) is 1. The van der Waals surface area contributed by atoms with E-state index < -0.39 is 9.84 Å². The highest BCUT2D eigenvalue weighted by Crippen LogP contribution is 2.23. The lowest BCUT2D eigenvalue weighted by Crippen LogP contribution is -2.45. The van der Waals surface area contributed by atoms with Crippen LogP contribution in [-0.2, 0) is 19.4 Å². The highest BCUT2D eigenvalue weighted by Gasteiger charge is 2.34. The lowest BCUT2D eigenvalue weighted by Gasteiger charge is -2.29. The summed E-state index contributed by atoms with van der Waals surface area (Å²) in [7, 11) is -3.01. The number of sulfone groups is 1. The minimum atomic E-state index is -3.01. The summed E-state index contributed by atoms with van der Waals surface area (Å²) >= 11 is 6.08. The third-order valence-electron chi connectivity index (χ3n) is 4.68. The first-order chi connectivity index (χ1) is 11.9. The maximum atomic E-state index is 12.5. The van der Waals surface area contributed by atoms with Gasteiger partial charge in [-0.3, -0.25) is 9.69 Å². The molecule has 1 aromatic carbocycles. The second-order valence-corrected chi connectivity index (χ2v) is 9.29. The summed E-state index contributed by atoms with van der Waals surface area (Å²) in [5.74, 6) is 0.0978. The van der Waals surface area contributed by atoms with Crippen molar-refractivity contribution in [1.82, 2.24) is 4.90 Å². The van der Waals surface area contributed by atoms with Gasteiger partial charge in [0.05, 0.1) is 34.9 Å². The van der Waals surface area contributed by atoms with Crippen LogP contribution in [0, 0.1) is 0 Å². The van der Waals surface area contributed by atoms with Crippen molar-refractivity contribution in [3.63, 3.8) is 0 Å². The average Bonchev–Trinajstić information content (AvgIpc) is 3.18. The number of amides is 1. The van der Waals surface area contributed by atoms with Crippen LogP contribution < -0.4 is 5.32 Å². The molecule has 2 aliphatic rings. The van der Waals surface area contributed by atoms with Crippen LogP contribution in [0.15, 0.2) is 24.3 Å². The maximum Gasteiger partial charge on any atom is 0.238 e. The molecule has 3 rings (SSSR count). The number of benzene rings is 1. The zero-order valence-corrected chi connectivity index (χ0v) is 15.6. The van der Waals surface area contributed by atoms with Gasteiger partial charge in [0, 0.05) is 19.2 Å². The van der Waals surface area contributed by atoms with Gasteiger partial charge >= 0.3 is 0 Å². The normalized spacial score (nSPS) is 25.4. The standard InChI is InChI=1S/C17H23ClN2O4S/c18-15-5-1-2-6-16(15)19-17(21)11-20(10-14-4-3-8-24-14)13-7-9-25(22,23)12-13/h1-2,5-6,13-14H,3-4,7-12H2,(H,19,21). The minimum Gasteiger partial charge on any atom is -0.377 e. The molecule has 6 nitrogen and oxygen atoms in total. The Bertz CT molecular complexity index is 719. The monoisotopic (exact) mass is 386 g/mol. The number of rotatable bonds is 6. The third kappa shape index (κ3) is 5.17. The topological polar surface area (TPSA) is 75.7 Å². The molecule has 138 valence electrons. The Morgan fingerprint density at radius 2 is 2.12 bits per heavy atom. The van der Waals surface area contributed by atoms with Gasteiger partial charge in [-0.25, -0.2) is 8.42 Å². The molecule has 1 amide bonds. The maximum absolute atomic E-state index is 12.5. The van der Waals surface area contributed by atoms with Gasteiger partial charge in [0.25, 0.3) is 0 Å². The highest BCUT2D eigenvalue weighted by atomic mass is 35.5. The SMILES string of the molecule is O=C(CN(CC1CCCO1)C1CCS(=O)(=O)C1)Nc1ccccc1Cl. The largest absolute Gasteiger partial charge is 0.377 e. The van der Waals surface area contributed by atoms with Crippen molar-refractivity contribution in [2.24, 2.45) is 0 Å². The molecule has 0 spiro atoms. The van der Waals surface area contributed by atoms with Crippen molar-refractivity contribution < 1.29 is 17.9 Å². The fraction of sp³-hybridized carbons (Fsp3) is 0.588. The Kier molecular flexibility index (Phi) is 5.99. The van der Waals surface area contributed by atoms with Crippen molar-refractivity contribution in [3.05, 3.63) is 29.3 Å². The number of carbonyl (C=O) groups is 1. The molecule has 2 fully saturated rings. The molecule has 2 saturated heterocycles. The number of hydrogen-bond donors (Lipinski definition) is 1. The first-order valence-electron chi connectivity index (χ1n) is 8.53. The molecule has 0 aliphatic carbocycles. The second kappa shape index (κ2) is 8.03. The lowest BCUT2D eigenvalue weighted by atomic mass is 10.1. The summed E-state index contributed by atoms with van der Waals surface area (Å²) in [6, 6.07) is 6.92. The summed E-state index contributed by atoms with van der Waals surface area (Å²) in [5, 5.41) is 3.28. The fourth-order valence-corrected chi connectivity index (χ4v) is 5.34. The van der Waals surface area contributed by atoms with Crippen molar-refractivity contribution in [2.75, 3.05) is 36.5 Å². The van der Waals surface area contributed by atoms with Gasteiger partial charge in [-0.1, -0.05) is 23.7 Å². The van der Waals surface area contributed by atoms with Gasteiger partial charge in [-0.15, -0.1) is 0 Å². The summed E-state index contributed by atoms with van der Waals surface area (Å²) in [5.41, 5.74) is 0.560. The van der Waals surface area contributed by atoms with Crippen LogP contribution in [0.1, 0.15) is 19.3 Å². The van der Waals surface area contributed by atoms with E-state index in [1.165, 1.54) is 0 Å². The quantitative estimate of drug-likeness (QED) is 0.808. The minimum absolute atomic E-state index is 0.0661. The van der Waals surface area contributed by atoms with Gasteiger partial charge in [-0.05, 0) is 31.4 Å². The Hall–Kier alpha value is -1.15. The van der Waals surface area contributed by atoms with Crippen molar-refractivity contribution in [1.29, 1.82) is 0 Å². The van der Waals surface area contributed by atoms with Crippen LogP contribution in [0.2, 0.25) is 5.02 Å².